The zero-order valence-corrected chi connectivity index (χ0v) is 16.0. The van der Waals surface area contributed by atoms with Crippen LogP contribution in [0, 0.1) is 11.8 Å². The van der Waals surface area contributed by atoms with Crippen molar-refractivity contribution in [1.82, 2.24) is 0 Å². The molecule has 1 fully saturated rings. The Morgan fingerprint density at radius 1 is 0.857 bits per heavy atom. The van der Waals surface area contributed by atoms with Crippen LogP contribution in [0.5, 0.6) is 0 Å². The third-order valence-corrected chi connectivity index (χ3v) is 5.07. The van der Waals surface area contributed by atoms with Crippen molar-refractivity contribution in [3.05, 3.63) is 60.2 Å². The van der Waals surface area contributed by atoms with Gasteiger partial charge in [0.15, 0.2) is 0 Å². The first-order valence-electron chi connectivity index (χ1n) is 9.44. The Hall–Kier alpha value is -2.86. The van der Waals surface area contributed by atoms with Gasteiger partial charge in [0.2, 0.25) is 0 Å². The molecule has 1 aliphatic carbocycles. The molecule has 3 unspecified atom stereocenters. The molecule has 2 aromatic carbocycles. The van der Waals surface area contributed by atoms with Gasteiger partial charge in [0.25, 0.3) is 0 Å². The third kappa shape index (κ3) is 5.33. The third-order valence-electron chi connectivity index (χ3n) is 5.07. The van der Waals surface area contributed by atoms with Crippen LogP contribution in [-0.4, -0.2) is 18.2 Å². The maximum Gasteiger partial charge on any atom is 0.543 e. The van der Waals surface area contributed by atoms with Gasteiger partial charge in [-0.15, -0.1) is 0 Å². The summed E-state index contributed by atoms with van der Waals surface area (Å²) in [4.78, 5) is 32.6. The Balaban J connectivity index is 1.44. The van der Waals surface area contributed by atoms with E-state index in [1.807, 2.05) is 37.3 Å². The van der Waals surface area contributed by atoms with Gasteiger partial charge in [-0.2, -0.15) is 0 Å². The van der Waals surface area contributed by atoms with Gasteiger partial charge in [-0.1, -0.05) is 62.7 Å². The molecule has 0 amide bonds. The van der Waals surface area contributed by atoms with E-state index in [2.05, 4.69) is 21.7 Å². The van der Waals surface area contributed by atoms with E-state index in [4.69, 9.17) is 4.74 Å². The molecular weight excluding hydrogens is 360 g/mol. The molecule has 0 N–H and O–H groups in total. The van der Waals surface area contributed by atoms with Gasteiger partial charge in [-0.05, 0) is 47.9 Å². The molecule has 0 aliphatic heterocycles. The summed E-state index contributed by atoms with van der Waals surface area (Å²) < 4.78 is 5.25. The number of carbonyl (C=O) groups is 2. The van der Waals surface area contributed by atoms with E-state index in [1.54, 1.807) is 24.3 Å². The summed E-state index contributed by atoms with van der Waals surface area (Å²) in [5, 5.41) is 4.31. The van der Waals surface area contributed by atoms with Crippen LogP contribution < -0.4 is 0 Å². The smallest absolute Gasteiger partial charge is 0.429 e. The van der Waals surface area contributed by atoms with Crippen LogP contribution in [0.3, 0.4) is 0 Å². The SMILES string of the molecule is CC1CCC(C)C(OC(=O)OOOC(=O)c2ccc(-c3ccccc3)cc2)C1. The number of carbonyl (C=O) groups excluding carboxylic acids is 2. The lowest BCUT2D eigenvalue weighted by molar-refractivity contribution is -0.453. The van der Waals surface area contributed by atoms with Gasteiger partial charge in [-0.3, -0.25) is 4.89 Å². The summed E-state index contributed by atoms with van der Waals surface area (Å²) >= 11 is 0. The molecule has 3 rings (SSSR count). The normalized spacial score (nSPS) is 21.6. The predicted molar refractivity (Wildman–Crippen MR) is 102 cm³/mol. The Bertz CT molecular complexity index is 786. The van der Waals surface area contributed by atoms with E-state index in [0.29, 0.717) is 5.92 Å². The summed E-state index contributed by atoms with van der Waals surface area (Å²) in [5.41, 5.74) is 2.27. The van der Waals surface area contributed by atoms with E-state index in [9.17, 15) is 9.59 Å². The van der Waals surface area contributed by atoms with Crippen molar-refractivity contribution < 1.29 is 29.1 Å². The van der Waals surface area contributed by atoms with Crippen LogP contribution >= 0.6 is 0 Å². The standard InChI is InChI=1S/C22H24O6/c1-15-8-9-16(2)20(14-15)25-22(24)27-28-26-21(23)19-12-10-18(11-13-19)17-6-4-3-5-7-17/h3-7,10-13,15-16,20H,8-9,14H2,1-2H3. The van der Waals surface area contributed by atoms with E-state index in [-0.39, 0.29) is 17.6 Å². The lowest BCUT2D eigenvalue weighted by Gasteiger charge is -2.31. The second kappa shape index (κ2) is 9.37. The Morgan fingerprint density at radius 3 is 2.25 bits per heavy atom. The molecule has 1 saturated carbocycles. The highest BCUT2D eigenvalue weighted by atomic mass is 17.5. The largest absolute Gasteiger partial charge is 0.543 e. The second-order valence-electron chi connectivity index (χ2n) is 7.27. The Morgan fingerprint density at radius 2 is 1.54 bits per heavy atom. The van der Waals surface area contributed by atoms with Crippen molar-refractivity contribution in [2.24, 2.45) is 11.8 Å². The highest BCUT2D eigenvalue weighted by Gasteiger charge is 2.29. The van der Waals surface area contributed by atoms with E-state index >= 15 is 0 Å². The summed E-state index contributed by atoms with van der Waals surface area (Å²) in [6, 6.07) is 16.6. The number of hydrogen-bond acceptors (Lipinski definition) is 6. The molecule has 3 atom stereocenters. The summed E-state index contributed by atoms with van der Waals surface area (Å²) in [6.45, 7) is 4.15. The van der Waals surface area contributed by atoms with Crippen LogP contribution in [0.15, 0.2) is 54.6 Å². The summed E-state index contributed by atoms with van der Waals surface area (Å²) in [6.07, 6.45) is 1.66. The van der Waals surface area contributed by atoms with E-state index in [1.165, 1.54) is 0 Å². The van der Waals surface area contributed by atoms with Crippen molar-refractivity contribution in [1.29, 1.82) is 0 Å². The number of ether oxygens (including phenoxy) is 1. The van der Waals surface area contributed by atoms with Gasteiger partial charge >= 0.3 is 12.1 Å². The van der Waals surface area contributed by atoms with Crippen LogP contribution in [0.4, 0.5) is 4.79 Å². The van der Waals surface area contributed by atoms with Crippen LogP contribution in [-0.2, 0) is 19.6 Å². The second-order valence-corrected chi connectivity index (χ2v) is 7.27. The zero-order valence-electron chi connectivity index (χ0n) is 16.0. The first-order chi connectivity index (χ1) is 13.5. The minimum absolute atomic E-state index is 0.221. The molecule has 148 valence electrons. The molecule has 0 saturated heterocycles. The van der Waals surface area contributed by atoms with Gasteiger partial charge in [0.05, 0.1) is 10.6 Å². The molecular formula is C22H24O6. The molecule has 0 radical (unpaired) electrons. The molecule has 6 heteroatoms. The van der Waals surface area contributed by atoms with Crippen molar-refractivity contribution in [2.75, 3.05) is 0 Å². The molecule has 6 nitrogen and oxygen atoms in total. The highest BCUT2D eigenvalue weighted by molar-refractivity contribution is 5.89. The maximum absolute atomic E-state index is 12.0. The minimum Gasteiger partial charge on any atom is -0.429 e. The van der Waals surface area contributed by atoms with Crippen molar-refractivity contribution in [3.8, 4) is 11.1 Å². The monoisotopic (exact) mass is 384 g/mol. The lowest BCUT2D eigenvalue weighted by Crippen LogP contribution is -2.31. The average Bonchev–Trinajstić information content (AvgIpc) is 2.71. The fraction of sp³-hybridized carbons (Fsp3) is 0.364. The Kier molecular flexibility index (Phi) is 6.66. The van der Waals surface area contributed by atoms with Crippen LogP contribution in [0.1, 0.15) is 43.5 Å². The summed E-state index contributed by atoms with van der Waals surface area (Å²) in [5.74, 6) is -0.0203. The molecule has 0 heterocycles. The first-order valence-corrected chi connectivity index (χ1v) is 9.44. The van der Waals surface area contributed by atoms with Crippen LogP contribution in [0.2, 0.25) is 0 Å². The molecule has 1 aliphatic rings. The van der Waals surface area contributed by atoms with Gasteiger partial charge in [0, 0.05) is 0 Å². The number of hydrogen-bond donors (Lipinski definition) is 0. The topological polar surface area (TPSA) is 71.1 Å². The Labute approximate surface area is 164 Å². The van der Waals surface area contributed by atoms with E-state index in [0.717, 1.165) is 30.4 Å². The first kappa shape index (κ1) is 19.9. The van der Waals surface area contributed by atoms with Gasteiger partial charge in [-0.25, -0.2) is 14.5 Å². The molecule has 28 heavy (non-hydrogen) atoms. The average molecular weight is 384 g/mol. The van der Waals surface area contributed by atoms with Crippen molar-refractivity contribution in [2.45, 2.75) is 39.2 Å². The molecule has 0 bridgehead atoms. The molecule has 0 spiro atoms. The minimum atomic E-state index is -1.02. The zero-order chi connectivity index (χ0) is 19.9. The van der Waals surface area contributed by atoms with Gasteiger partial charge < -0.3 is 4.74 Å². The number of rotatable bonds is 5. The maximum atomic E-state index is 12.0. The van der Waals surface area contributed by atoms with Crippen molar-refractivity contribution in [3.63, 3.8) is 0 Å². The number of benzene rings is 2. The van der Waals surface area contributed by atoms with E-state index < -0.39 is 12.1 Å². The van der Waals surface area contributed by atoms with Crippen LogP contribution in [0.25, 0.3) is 11.1 Å². The predicted octanol–water partition coefficient (Wildman–Crippen LogP) is 5.33. The summed E-state index contributed by atoms with van der Waals surface area (Å²) in [7, 11) is 0. The fourth-order valence-electron chi connectivity index (χ4n) is 3.34. The van der Waals surface area contributed by atoms with Crippen molar-refractivity contribution >= 4 is 12.1 Å². The quantitative estimate of drug-likeness (QED) is 0.394. The highest BCUT2D eigenvalue weighted by Crippen LogP contribution is 2.30. The molecule has 0 aromatic heterocycles. The molecule has 2 aromatic rings. The van der Waals surface area contributed by atoms with Gasteiger partial charge in [0.1, 0.15) is 6.10 Å². The fourth-order valence-corrected chi connectivity index (χ4v) is 3.34. The lowest BCUT2D eigenvalue weighted by atomic mass is 9.82.